The number of piperazine rings is 2. The average Bonchev–Trinajstić information content (AvgIpc) is 4.27. The Morgan fingerprint density at radius 3 is 1.11 bits per heavy atom. The first kappa shape index (κ1) is 58.1. The Morgan fingerprint density at radius 1 is 0.417 bits per heavy atom. The van der Waals surface area contributed by atoms with Crippen LogP contribution in [0.25, 0.3) is 0 Å². The van der Waals surface area contributed by atoms with Gasteiger partial charge >= 0.3 is 34.1 Å². The van der Waals surface area contributed by atoms with Crippen molar-refractivity contribution >= 4 is 11.4 Å². The number of hydrogen-bond acceptors (Lipinski definition) is 10. The standard InChI is InChI=1S/C24H30N6.2C17H21N2O.2Fe/c1(3-5-11-17-29-19-23(25-27-29)21-13-7-8-14-21)2-4-6-12-18-30-20-24(26-28-30)22-15-9-10-16-22;2*1-20-17-9-5-4-8-16(17)19-12-10-18(11-13-19)14-15-6-2-3-7-15;;/h7-10,13-16,19-20H,1-6,11-12,17-18H2;2*2-9H,10-14H2,1H3;;/q;;;2*+2. The normalized spacial score (nSPS) is 19.4. The fourth-order valence-corrected chi connectivity index (χ4v) is 9.41. The Labute approximate surface area is 456 Å². The number of aryl methyl sites for hydroxylation is 2. The third kappa shape index (κ3) is 18.3. The Bertz CT molecular complexity index is 1880. The minimum absolute atomic E-state index is 0. The number of ether oxygens (including phenoxy) is 2. The van der Waals surface area contributed by atoms with Gasteiger partial charge in [0.15, 0.2) is 0 Å². The zero-order chi connectivity index (χ0) is 48.0. The van der Waals surface area contributed by atoms with Gasteiger partial charge in [0.25, 0.3) is 0 Å². The van der Waals surface area contributed by atoms with Gasteiger partial charge in [-0.15, -0.1) is 10.2 Å². The van der Waals surface area contributed by atoms with E-state index in [2.05, 4.69) is 142 Å². The molecule has 0 N–H and O–H groups in total. The summed E-state index contributed by atoms with van der Waals surface area (Å²) < 4.78 is 14.8. The zero-order valence-electron chi connectivity index (χ0n) is 42.1. The van der Waals surface area contributed by atoms with Crippen molar-refractivity contribution in [3.63, 3.8) is 0 Å². The first-order valence-electron chi connectivity index (χ1n) is 25.5. The van der Waals surface area contributed by atoms with Gasteiger partial charge in [-0.1, -0.05) is 73.2 Å². The topological polar surface area (TPSA) is 92.8 Å². The number of rotatable bonds is 21. The fraction of sp³-hybridized carbons (Fsp3) is 0.379. The van der Waals surface area contributed by atoms with E-state index < -0.39 is 0 Å². The Morgan fingerprint density at radius 2 is 0.750 bits per heavy atom. The van der Waals surface area contributed by atoms with Gasteiger partial charge in [-0.3, -0.25) is 19.2 Å². The third-order valence-electron chi connectivity index (χ3n) is 13.4. The molecule has 6 aliphatic rings. The number of para-hydroxylation sites is 4. The van der Waals surface area contributed by atoms with Crippen LogP contribution >= 0.6 is 0 Å². The number of hydrogen-bond donors (Lipinski definition) is 0. The van der Waals surface area contributed by atoms with Crippen molar-refractivity contribution < 1.29 is 43.6 Å². The summed E-state index contributed by atoms with van der Waals surface area (Å²) >= 11 is 0. The molecule has 2 aromatic carbocycles. The minimum Gasteiger partial charge on any atom is -0.495 e. The Hall–Kier alpha value is -3.12. The van der Waals surface area contributed by atoms with Gasteiger partial charge < -0.3 is 19.3 Å². The third-order valence-corrected chi connectivity index (χ3v) is 13.4. The summed E-state index contributed by atoms with van der Waals surface area (Å²) in [6, 6.07) is 16.6. The molecule has 20 radical (unpaired) electrons. The van der Waals surface area contributed by atoms with E-state index in [4.69, 9.17) is 9.47 Å². The molecule has 0 atom stereocenters. The Kier molecular flexibility index (Phi) is 26.1. The number of unbranched alkanes of at least 4 members (excludes halogenated alkanes) is 7. The molecule has 12 nitrogen and oxygen atoms in total. The van der Waals surface area contributed by atoms with Gasteiger partial charge in [0.05, 0.1) is 37.0 Å². The molecule has 4 aromatic rings. The van der Waals surface area contributed by atoms with E-state index in [0.29, 0.717) is 0 Å². The van der Waals surface area contributed by atoms with E-state index in [1.54, 1.807) is 14.2 Å². The molecule has 0 spiro atoms. The smallest absolute Gasteiger partial charge is 0.495 e. The molecule has 4 saturated carbocycles. The molecular formula is C58H72Fe2N10O2+4. The van der Waals surface area contributed by atoms with Crippen molar-refractivity contribution in [3.05, 3.63) is 199 Å². The predicted molar refractivity (Wildman–Crippen MR) is 280 cm³/mol. The quantitative estimate of drug-likeness (QED) is 0.0597. The van der Waals surface area contributed by atoms with Crippen LogP contribution in [0.3, 0.4) is 0 Å². The van der Waals surface area contributed by atoms with Crippen LogP contribution in [0.2, 0.25) is 0 Å². The van der Waals surface area contributed by atoms with Crippen LogP contribution in [0, 0.1) is 126 Å². The average molecular weight is 1050 g/mol. The van der Waals surface area contributed by atoms with Crippen LogP contribution < -0.4 is 19.3 Å². The van der Waals surface area contributed by atoms with E-state index in [0.717, 1.165) is 113 Å². The van der Waals surface area contributed by atoms with Crippen LogP contribution in [-0.2, 0) is 47.2 Å². The maximum absolute atomic E-state index is 5.46. The summed E-state index contributed by atoms with van der Waals surface area (Å²) in [4.78, 5) is 9.86. The van der Waals surface area contributed by atoms with E-state index >= 15 is 0 Å². The summed E-state index contributed by atoms with van der Waals surface area (Å²) in [5, 5.41) is 17.0. The van der Waals surface area contributed by atoms with Crippen LogP contribution in [0.1, 0.15) is 62.8 Å². The molecule has 72 heavy (non-hydrogen) atoms. The number of benzene rings is 2. The van der Waals surface area contributed by atoms with E-state index in [1.165, 1.54) is 74.6 Å². The zero-order valence-corrected chi connectivity index (χ0v) is 44.4. The van der Waals surface area contributed by atoms with Crippen molar-refractivity contribution in [2.24, 2.45) is 0 Å². The SMILES string of the molecule is COc1ccccc1N1CCN(C[C]2[CH][CH][CH][CH]2)CC1.COc1ccccc1N1CCN(C[C]2[CH][CH][CH][CH]2)CC1.[CH]1[CH][CH][C](c2cn(CCCCCCCCCCn3cc([C]4[CH][CH][CH][CH]4)nn3)nn2)[CH]1.[Fe+2].[Fe+2]. The molecule has 6 fully saturated rings. The monoisotopic (exact) mass is 1050 g/mol. The number of anilines is 2. The van der Waals surface area contributed by atoms with E-state index in [-0.39, 0.29) is 34.1 Å². The summed E-state index contributed by atoms with van der Waals surface area (Å²) in [6.45, 7) is 12.7. The van der Waals surface area contributed by atoms with Gasteiger partial charge in [-0.2, -0.15) is 0 Å². The molecule has 378 valence electrons. The van der Waals surface area contributed by atoms with Crippen molar-refractivity contribution in [2.75, 3.05) is 89.5 Å². The summed E-state index contributed by atoms with van der Waals surface area (Å²) in [5.41, 5.74) is 4.35. The van der Waals surface area contributed by atoms with Gasteiger partial charge in [0, 0.05) is 103 Å². The first-order valence-corrected chi connectivity index (χ1v) is 25.5. The van der Waals surface area contributed by atoms with E-state index in [1.807, 2.05) is 71.7 Å². The largest absolute Gasteiger partial charge is 2.00 e. The second kappa shape index (κ2) is 32.3. The maximum Gasteiger partial charge on any atom is 2.00 e. The predicted octanol–water partition coefficient (Wildman–Crippen LogP) is 8.64. The minimum atomic E-state index is 0. The molecule has 4 aliphatic carbocycles. The molecule has 10 rings (SSSR count). The van der Waals surface area contributed by atoms with Crippen molar-refractivity contribution in [1.29, 1.82) is 0 Å². The maximum atomic E-state index is 5.46. The summed E-state index contributed by atoms with van der Waals surface area (Å²) in [6.07, 6.45) is 47.9. The molecular weight excluding hydrogens is 980 g/mol. The second-order valence-corrected chi connectivity index (χ2v) is 18.4. The molecule has 4 heterocycles. The summed E-state index contributed by atoms with van der Waals surface area (Å²) in [7, 11) is 3.48. The summed E-state index contributed by atoms with van der Waals surface area (Å²) in [5.74, 6) is 7.06. The van der Waals surface area contributed by atoms with Gasteiger partial charge in [-0.25, -0.2) is 0 Å². The second-order valence-electron chi connectivity index (χ2n) is 18.4. The molecule has 0 amide bonds. The van der Waals surface area contributed by atoms with Gasteiger partial charge in [0.2, 0.25) is 0 Å². The molecule has 0 bridgehead atoms. The number of aromatic nitrogens is 6. The molecule has 2 saturated heterocycles. The van der Waals surface area contributed by atoms with E-state index in [9.17, 15) is 0 Å². The van der Waals surface area contributed by atoms with Gasteiger partial charge in [0.1, 0.15) is 11.5 Å². The van der Waals surface area contributed by atoms with Crippen LogP contribution in [-0.4, -0.2) is 119 Å². The van der Waals surface area contributed by atoms with Crippen LogP contribution in [0.4, 0.5) is 11.4 Å². The Balaban J connectivity index is 0.000000180. The molecule has 0 unspecified atom stereocenters. The molecule has 14 heteroatoms. The molecule has 2 aromatic heterocycles. The van der Waals surface area contributed by atoms with Crippen LogP contribution in [0.5, 0.6) is 11.5 Å². The number of methoxy groups -OCH3 is 2. The fourth-order valence-electron chi connectivity index (χ4n) is 9.41. The van der Waals surface area contributed by atoms with Crippen molar-refractivity contribution in [2.45, 2.75) is 64.5 Å². The first-order chi connectivity index (χ1) is 34.6. The number of nitrogens with zero attached hydrogens (tertiary/aromatic N) is 10. The van der Waals surface area contributed by atoms with Crippen LogP contribution in [0.15, 0.2) is 60.9 Å². The molecule has 2 aliphatic heterocycles. The van der Waals surface area contributed by atoms with Crippen molar-refractivity contribution in [1.82, 2.24) is 39.8 Å². The van der Waals surface area contributed by atoms with Crippen molar-refractivity contribution in [3.8, 4) is 11.5 Å². The van der Waals surface area contributed by atoms with Gasteiger partial charge in [-0.05, 0) is 152 Å².